The van der Waals surface area contributed by atoms with Crippen molar-refractivity contribution in [2.45, 2.75) is 6.29 Å². The predicted octanol–water partition coefficient (Wildman–Crippen LogP) is -1.95. The summed E-state index contributed by atoms with van der Waals surface area (Å²) in [5, 5.41) is 17.0. The molecule has 60 valence electrons. The van der Waals surface area contributed by atoms with Gasteiger partial charge in [-0.25, -0.2) is 4.79 Å². The van der Waals surface area contributed by atoms with Crippen molar-refractivity contribution < 1.29 is 10.2 Å². The van der Waals surface area contributed by atoms with Crippen molar-refractivity contribution in [3.8, 4) is 0 Å². The van der Waals surface area contributed by atoms with E-state index in [1.165, 1.54) is 0 Å². The monoisotopic (exact) mass is 158 g/mol. The number of H-pyrrole nitrogens is 2. The number of aromatic nitrogens is 2. The number of nitrogens with one attached hydrogen (secondary N) is 2. The fourth-order valence-corrected chi connectivity index (χ4v) is 0.627. The molecule has 0 radical (unpaired) electrons. The summed E-state index contributed by atoms with van der Waals surface area (Å²) in [7, 11) is 0. The topological polar surface area (TPSA) is 106 Å². The normalized spacial score (nSPS) is 10.5. The maximum atomic E-state index is 10.5. The molecule has 0 unspecified atom stereocenters. The van der Waals surface area contributed by atoms with Crippen LogP contribution < -0.4 is 11.2 Å². The smallest absolute Gasteiger partial charge is 0.326 e. The van der Waals surface area contributed by atoms with Gasteiger partial charge in [0.2, 0.25) is 0 Å². The van der Waals surface area contributed by atoms with E-state index in [1.54, 1.807) is 0 Å². The van der Waals surface area contributed by atoms with Gasteiger partial charge in [-0.15, -0.1) is 0 Å². The Morgan fingerprint density at radius 1 is 1.27 bits per heavy atom. The molecule has 0 fully saturated rings. The Morgan fingerprint density at radius 2 is 1.91 bits per heavy atom. The Bertz CT molecular complexity index is 322. The standard InChI is InChI=1S/C5H6N2O4/c8-3-1-2(4(9)10)6-5(11)7-3/h1,4,9-10H,(H2,6,7,8,11). The molecule has 11 heavy (non-hydrogen) atoms. The van der Waals surface area contributed by atoms with E-state index in [0.29, 0.717) is 0 Å². The highest BCUT2D eigenvalue weighted by atomic mass is 16.5. The fourth-order valence-electron chi connectivity index (χ4n) is 0.627. The molecule has 1 aromatic rings. The number of hydrogen-bond acceptors (Lipinski definition) is 4. The zero-order valence-corrected chi connectivity index (χ0v) is 5.37. The first-order valence-electron chi connectivity index (χ1n) is 2.79. The average molecular weight is 158 g/mol. The highest BCUT2D eigenvalue weighted by molar-refractivity contribution is 4.98. The molecule has 0 aliphatic heterocycles. The van der Waals surface area contributed by atoms with Crippen molar-refractivity contribution in [1.82, 2.24) is 9.97 Å². The van der Waals surface area contributed by atoms with Gasteiger partial charge in [-0.3, -0.25) is 9.78 Å². The molecule has 6 heteroatoms. The van der Waals surface area contributed by atoms with Gasteiger partial charge >= 0.3 is 5.69 Å². The van der Waals surface area contributed by atoms with Crippen LogP contribution in [0.3, 0.4) is 0 Å². The molecule has 0 aliphatic carbocycles. The summed E-state index contributed by atoms with van der Waals surface area (Å²) in [5.41, 5.74) is -1.66. The van der Waals surface area contributed by atoms with Crippen LogP contribution in [0, 0.1) is 0 Å². The molecule has 0 amide bonds. The van der Waals surface area contributed by atoms with Crippen LogP contribution in [-0.4, -0.2) is 20.2 Å². The molecule has 0 aliphatic rings. The van der Waals surface area contributed by atoms with Gasteiger partial charge in [0.1, 0.15) is 0 Å². The van der Waals surface area contributed by atoms with Crippen molar-refractivity contribution in [2.24, 2.45) is 0 Å². The van der Waals surface area contributed by atoms with Gasteiger partial charge in [-0.1, -0.05) is 0 Å². The zero-order valence-electron chi connectivity index (χ0n) is 5.37. The molecular formula is C5H6N2O4. The van der Waals surface area contributed by atoms with Crippen LogP contribution in [0.5, 0.6) is 0 Å². The van der Waals surface area contributed by atoms with Gasteiger partial charge in [0.15, 0.2) is 6.29 Å². The van der Waals surface area contributed by atoms with Gasteiger partial charge in [0.05, 0.1) is 5.69 Å². The van der Waals surface area contributed by atoms with Crippen molar-refractivity contribution >= 4 is 0 Å². The molecule has 0 saturated heterocycles. The largest absolute Gasteiger partial charge is 0.363 e. The molecule has 4 N–H and O–H groups in total. The predicted molar refractivity (Wildman–Crippen MR) is 34.9 cm³/mol. The second kappa shape index (κ2) is 2.69. The van der Waals surface area contributed by atoms with E-state index in [1.807, 2.05) is 9.97 Å². The molecule has 1 rings (SSSR count). The third-order valence-electron chi connectivity index (χ3n) is 1.06. The minimum Gasteiger partial charge on any atom is -0.363 e. The van der Waals surface area contributed by atoms with E-state index >= 15 is 0 Å². The van der Waals surface area contributed by atoms with Gasteiger partial charge in [-0.2, -0.15) is 0 Å². The molecule has 0 aromatic carbocycles. The third kappa shape index (κ3) is 1.76. The van der Waals surface area contributed by atoms with E-state index in [0.717, 1.165) is 6.07 Å². The SMILES string of the molecule is O=c1cc(C(O)O)[nH]c(=O)[nH]1. The number of aliphatic hydroxyl groups is 2. The second-order valence-corrected chi connectivity index (χ2v) is 1.92. The Labute approximate surface area is 60.1 Å². The van der Waals surface area contributed by atoms with E-state index in [9.17, 15) is 9.59 Å². The van der Waals surface area contributed by atoms with Crippen LogP contribution in [0.1, 0.15) is 12.0 Å². The van der Waals surface area contributed by atoms with E-state index in [2.05, 4.69) is 0 Å². The van der Waals surface area contributed by atoms with Crippen molar-refractivity contribution in [1.29, 1.82) is 0 Å². The average Bonchev–Trinajstić information content (AvgIpc) is 1.85. The first-order chi connectivity index (χ1) is 5.09. The summed E-state index contributed by atoms with van der Waals surface area (Å²) in [4.78, 5) is 24.9. The molecule has 0 atom stereocenters. The lowest BCUT2D eigenvalue weighted by atomic mass is 10.4. The van der Waals surface area contributed by atoms with E-state index in [-0.39, 0.29) is 5.69 Å². The summed E-state index contributed by atoms with van der Waals surface area (Å²) in [5.74, 6) is 0. The van der Waals surface area contributed by atoms with Crippen molar-refractivity contribution in [2.75, 3.05) is 0 Å². The Kier molecular flexibility index (Phi) is 1.88. The first-order valence-corrected chi connectivity index (χ1v) is 2.79. The molecular weight excluding hydrogens is 152 g/mol. The summed E-state index contributed by atoms with van der Waals surface area (Å²) >= 11 is 0. The lowest BCUT2D eigenvalue weighted by Gasteiger charge is -1.99. The molecule has 1 aromatic heterocycles. The summed E-state index contributed by atoms with van der Waals surface area (Å²) < 4.78 is 0. The Hall–Kier alpha value is -1.40. The molecule has 0 bridgehead atoms. The van der Waals surface area contributed by atoms with Crippen LogP contribution in [-0.2, 0) is 0 Å². The quantitative estimate of drug-likeness (QED) is 0.356. The maximum absolute atomic E-state index is 10.5. The van der Waals surface area contributed by atoms with Gasteiger partial charge in [-0.05, 0) is 0 Å². The lowest BCUT2D eigenvalue weighted by molar-refractivity contribution is -0.0461. The summed E-state index contributed by atoms with van der Waals surface area (Å²) in [6.45, 7) is 0. The molecule has 0 spiro atoms. The fraction of sp³-hybridized carbons (Fsp3) is 0.200. The van der Waals surface area contributed by atoms with Gasteiger partial charge in [0.25, 0.3) is 5.56 Å². The maximum Gasteiger partial charge on any atom is 0.326 e. The Morgan fingerprint density at radius 3 is 2.36 bits per heavy atom. The minimum atomic E-state index is -1.83. The van der Waals surface area contributed by atoms with Crippen LogP contribution in [0.25, 0.3) is 0 Å². The summed E-state index contributed by atoms with van der Waals surface area (Å²) in [6, 6.07) is 0.895. The zero-order chi connectivity index (χ0) is 8.43. The number of hydrogen-bond donors (Lipinski definition) is 4. The van der Waals surface area contributed by atoms with Crippen LogP contribution in [0.15, 0.2) is 15.7 Å². The highest BCUT2D eigenvalue weighted by Gasteiger charge is 2.03. The Balaban J connectivity index is 3.30. The molecule has 0 saturated carbocycles. The lowest BCUT2D eigenvalue weighted by Crippen LogP contribution is -2.24. The number of aliphatic hydroxyl groups excluding tert-OH is 1. The highest BCUT2D eigenvalue weighted by Crippen LogP contribution is 1.97. The van der Waals surface area contributed by atoms with Crippen LogP contribution in [0.4, 0.5) is 0 Å². The minimum absolute atomic E-state index is 0.223. The number of rotatable bonds is 1. The van der Waals surface area contributed by atoms with Crippen molar-refractivity contribution in [3.05, 3.63) is 32.6 Å². The second-order valence-electron chi connectivity index (χ2n) is 1.92. The van der Waals surface area contributed by atoms with Gasteiger partial charge in [0, 0.05) is 6.07 Å². The van der Waals surface area contributed by atoms with Gasteiger partial charge < -0.3 is 15.2 Å². The van der Waals surface area contributed by atoms with Crippen molar-refractivity contribution in [3.63, 3.8) is 0 Å². The first kappa shape index (κ1) is 7.70. The van der Waals surface area contributed by atoms with Crippen LogP contribution >= 0.6 is 0 Å². The third-order valence-corrected chi connectivity index (χ3v) is 1.06. The number of aromatic amines is 2. The van der Waals surface area contributed by atoms with Crippen LogP contribution in [0.2, 0.25) is 0 Å². The van der Waals surface area contributed by atoms with E-state index < -0.39 is 17.5 Å². The van der Waals surface area contributed by atoms with E-state index in [4.69, 9.17) is 10.2 Å². The molecule has 6 nitrogen and oxygen atoms in total. The molecule has 1 heterocycles. The summed E-state index contributed by atoms with van der Waals surface area (Å²) in [6.07, 6.45) is -1.83.